The van der Waals surface area contributed by atoms with Crippen molar-refractivity contribution in [2.45, 2.75) is 46.5 Å². The van der Waals surface area contributed by atoms with Gasteiger partial charge in [-0.3, -0.25) is 0 Å². The van der Waals surface area contributed by atoms with Gasteiger partial charge < -0.3 is 4.74 Å². The molecule has 0 amide bonds. The van der Waals surface area contributed by atoms with Gasteiger partial charge in [-0.25, -0.2) is 4.79 Å². The minimum absolute atomic E-state index is 0.302. The van der Waals surface area contributed by atoms with E-state index in [1.165, 1.54) is 25.3 Å². The Hall–Kier alpha value is -0.700. The van der Waals surface area contributed by atoms with Crippen LogP contribution in [-0.2, 0) is 9.53 Å². The third-order valence-corrected chi connectivity index (χ3v) is 3.01. The van der Waals surface area contributed by atoms with Gasteiger partial charge >= 0.3 is 5.97 Å². The Kier molecular flexibility index (Phi) is 11.9. The van der Waals surface area contributed by atoms with Crippen molar-refractivity contribution in [2.75, 3.05) is 12.4 Å². The first-order valence-corrected chi connectivity index (χ1v) is 7.80. The van der Waals surface area contributed by atoms with Gasteiger partial charge in [0.1, 0.15) is 6.61 Å². The van der Waals surface area contributed by atoms with E-state index < -0.39 is 0 Å². The Morgan fingerprint density at radius 1 is 1.21 bits per heavy atom. The molecular formula is C16H28O2S. The van der Waals surface area contributed by atoms with Crippen LogP contribution in [0.25, 0.3) is 0 Å². The fraction of sp³-hybridized carbons (Fsp3) is 0.688. The first kappa shape index (κ1) is 18.3. The monoisotopic (exact) mass is 284 g/mol. The van der Waals surface area contributed by atoms with Gasteiger partial charge in [-0.05, 0) is 18.3 Å². The number of ether oxygens (including phenoxy) is 1. The van der Waals surface area contributed by atoms with Gasteiger partial charge in [0, 0.05) is 11.8 Å². The Labute approximate surface area is 123 Å². The number of rotatable bonds is 10. The molecule has 0 N–H and O–H groups in total. The molecule has 0 spiro atoms. The van der Waals surface area contributed by atoms with E-state index in [-0.39, 0.29) is 5.97 Å². The molecular weight excluding hydrogens is 256 g/mol. The van der Waals surface area contributed by atoms with E-state index in [9.17, 15) is 4.79 Å². The Bertz CT molecular complexity index is 282. The van der Waals surface area contributed by atoms with Crippen molar-refractivity contribution in [1.29, 1.82) is 0 Å². The fourth-order valence-corrected chi connectivity index (χ4v) is 1.80. The van der Waals surface area contributed by atoms with Gasteiger partial charge in [0.2, 0.25) is 0 Å². The maximum absolute atomic E-state index is 11.1. The second-order valence-electron chi connectivity index (χ2n) is 5.34. The number of thiol groups is 1. The molecule has 0 rings (SSSR count). The van der Waals surface area contributed by atoms with Crippen LogP contribution in [0.4, 0.5) is 0 Å². The molecule has 0 aromatic heterocycles. The van der Waals surface area contributed by atoms with Crippen molar-refractivity contribution in [2.24, 2.45) is 11.8 Å². The van der Waals surface area contributed by atoms with E-state index in [4.69, 9.17) is 4.74 Å². The molecule has 110 valence electrons. The zero-order valence-electron chi connectivity index (χ0n) is 12.5. The molecule has 0 fully saturated rings. The summed E-state index contributed by atoms with van der Waals surface area (Å²) in [7, 11) is 0. The number of carbonyl (C=O) groups is 1. The molecule has 0 heterocycles. The molecule has 1 unspecified atom stereocenters. The second-order valence-corrected chi connectivity index (χ2v) is 5.79. The summed E-state index contributed by atoms with van der Waals surface area (Å²) in [6, 6.07) is 0. The van der Waals surface area contributed by atoms with Crippen LogP contribution in [-0.4, -0.2) is 18.3 Å². The molecule has 19 heavy (non-hydrogen) atoms. The van der Waals surface area contributed by atoms with Crippen molar-refractivity contribution in [1.82, 2.24) is 0 Å². The number of hydrogen-bond acceptors (Lipinski definition) is 3. The smallest absolute Gasteiger partial charge is 0.330 e. The van der Waals surface area contributed by atoms with E-state index in [2.05, 4.69) is 39.5 Å². The summed E-state index contributed by atoms with van der Waals surface area (Å²) >= 11 is 3.97. The summed E-state index contributed by atoms with van der Waals surface area (Å²) in [6.45, 7) is 7.17. The standard InChI is InChI=1S/C16H28O2S/c1-14(2)8-7-10-15(3)9-5-4-6-11-16(17)18-12-13-19/h4-6,11,14-15,19H,7-10,12-13H2,1-3H3. The van der Waals surface area contributed by atoms with Gasteiger partial charge in [0.15, 0.2) is 0 Å². The van der Waals surface area contributed by atoms with Gasteiger partial charge in [-0.1, -0.05) is 58.3 Å². The number of carbonyl (C=O) groups excluding carboxylic acids is 1. The van der Waals surface area contributed by atoms with Gasteiger partial charge in [-0.15, -0.1) is 0 Å². The third kappa shape index (κ3) is 13.5. The summed E-state index contributed by atoms with van der Waals surface area (Å²) in [5.41, 5.74) is 0. The summed E-state index contributed by atoms with van der Waals surface area (Å²) in [5, 5.41) is 0. The predicted octanol–water partition coefficient (Wildman–Crippen LogP) is 4.42. The lowest BCUT2D eigenvalue weighted by Gasteiger charge is -2.09. The van der Waals surface area contributed by atoms with Gasteiger partial charge in [0.25, 0.3) is 0 Å². The molecule has 0 saturated heterocycles. The highest BCUT2D eigenvalue weighted by molar-refractivity contribution is 7.80. The van der Waals surface area contributed by atoms with E-state index in [1.54, 1.807) is 6.08 Å². The fourth-order valence-electron chi connectivity index (χ4n) is 1.71. The predicted molar refractivity (Wildman–Crippen MR) is 85.6 cm³/mol. The lowest BCUT2D eigenvalue weighted by molar-refractivity contribution is -0.137. The summed E-state index contributed by atoms with van der Waals surface area (Å²) in [6.07, 6.45) is 12.2. The average molecular weight is 284 g/mol. The van der Waals surface area contributed by atoms with Crippen LogP contribution < -0.4 is 0 Å². The molecule has 0 bridgehead atoms. The Morgan fingerprint density at radius 3 is 2.58 bits per heavy atom. The van der Waals surface area contributed by atoms with Crippen LogP contribution in [0, 0.1) is 11.8 Å². The van der Waals surface area contributed by atoms with Crippen LogP contribution in [0.5, 0.6) is 0 Å². The SMILES string of the molecule is CC(C)CCCC(C)CC=CC=CC(=O)OCCS. The summed E-state index contributed by atoms with van der Waals surface area (Å²) in [5.74, 6) is 1.76. The number of allylic oxidation sites excluding steroid dienone is 3. The molecule has 3 heteroatoms. The summed E-state index contributed by atoms with van der Waals surface area (Å²) in [4.78, 5) is 11.1. The quantitative estimate of drug-likeness (QED) is 0.278. The highest BCUT2D eigenvalue weighted by Gasteiger charge is 2.00. The van der Waals surface area contributed by atoms with Crippen LogP contribution in [0.2, 0.25) is 0 Å². The molecule has 0 saturated carbocycles. The molecule has 0 aliphatic rings. The molecule has 0 aliphatic heterocycles. The lowest BCUT2D eigenvalue weighted by atomic mass is 9.97. The van der Waals surface area contributed by atoms with Gasteiger partial charge in [0.05, 0.1) is 0 Å². The lowest BCUT2D eigenvalue weighted by Crippen LogP contribution is -2.02. The highest BCUT2D eigenvalue weighted by atomic mass is 32.1. The number of hydrogen-bond donors (Lipinski definition) is 1. The van der Waals surface area contributed by atoms with Crippen molar-refractivity contribution in [3.8, 4) is 0 Å². The van der Waals surface area contributed by atoms with Crippen LogP contribution in [0.3, 0.4) is 0 Å². The topological polar surface area (TPSA) is 26.3 Å². The molecule has 0 aliphatic carbocycles. The zero-order chi connectivity index (χ0) is 14.5. The van der Waals surface area contributed by atoms with Gasteiger partial charge in [-0.2, -0.15) is 12.6 Å². The van der Waals surface area contributed by atoms with E-state index in [0.717, 1.165) is 12.3 Å². The normalized spacial score (nSPS) is 13.5. The summed E-state index contributed by atoms with van der Waals surface area (Å²) < 4.78 is 4.86. The molecule has 0 aromatic carbocycles. The first-order valence-electron chi connectivity index (χ1n) is 7.17. The Morgan fingerprint density at radius 2 is 1.95 bits per heavy atom. The van der Waals surface area contributed by atoms with Crippen molar-refractivity contribution in [3.63, 3.8) is 0 Å². The molecule has 2 nitrogen and oxygen atoms in total. The average Bonchev–Trinajstić information content (AvgIpc) is 2.35. The zero-order valence-corrected chi connectivity index (χ0v) is 13.4. The van der Waals surface area contributed by atoms with E-state index in [0.29, 0.717) is 18.3 Å². The van der Waals surface area contributed by atoms with E-state index >= 15 is 0 Å². The van der Waals surface area contributed by atoms with Crippen molar-refractivity contribution in [3.05, 3.63) is 24.3 Å². The van der Waals surface area contributed by atoms with Crippen molar-refractivity contribution < 1.29 is 9.53 Å². The molecule has 0 radical (unpaired) electrons. The minimum Gasteiger partial charge on any atom is -0.462 e. The van der Waals surface area contributed by atoms with Crippen LogP contribution in [0.15, 0.2) is 24.3 Å². The largest absolute Gasteiger partial charge is 0.462 e. The minimum atomic E-state index is -0.302. The highest BCUT2D eigenvalue weighted by Crippen LogP contribution is 2.15. The maximum atomic E-state index is 11.1. The first-order chi connectivity index (χ1) is 9.06. The van der Waals surface area contributed by atoms with Crippen molar-refractivity contribution >= 4 is 18.6 Å². The molecule has 1 atom stereocenters. The van der Waals surface area contributed by atoms with Crippen LogP contribution >= 0.6 is 12.6 Å². The maximum Gasteiger partial charge on any atom is 0.330 e. The van der Waals surface area contributed by atoms with E-state index in [1.807, 2.05) is 6.08 Å². The third-order valence-electron chi connectivity index (χ3n) is 2.83. The van der Waals surface area contributed by atoms with Crippen LogP contribution in [0.1, 0.15) is 46.5 Å². The molecule has 0 aromatic rings. The number of esters is 1. The Balaban J connectivity index is 3.66. The second kappa shape index (κ2) is 12.3.